The number of amides is 2. The summed E-state index contributed by atoms with van der Waals surface area (Å²) in [5, 5.41) is 5.47. The number of ether oxygens (including phenoxy) is 1. The molecule has 1 saturated carbocycles. The number of carbonyl (C=O) groups is 2. The van der Waals surface area contributed by atoms with Gasteiger partial charge in [0.25, 0.3) is 11.8 Å². The van der Waals surface area contributed by atoms with Crippen molar-refractivity contribution >= 4 is 11.8 Å². The second-order valence-electron chi connectivity index (χ2n) is 8.01. The molecule has 1 aromatic heterocycles. The highest BCUT2D eigenvalue weighted by molar-refractivity contribution is 5.99. The van der Waals surface area contributed by atoms with E-state index in [1.807, 2.05) is 28.8 Å². The van der Waals surface area contributed by atoms with Gasteiger partial charge in [0.05, 0.1) is 7.11 Å². The van der Waals surface area contributed by atoms with E-state index in [4.69, 9.17) is 4.74 Å². The van der Waals surface area contributed by atoms with Crippen LogP contribution in [0.25, 0.3) is 0 Å². The number of methoxy groups -OCH3 is 1. The van der Waals surface area contributed by atoms with Crippen LogP contribution in [0.1, 0.15) is 65.3 Å². The molecule has 0 spiro atoms. The number of hydrogen-bond acceptors (Lipinski definition) is 4. The standard InChI is InChI=1S/C24H31N3O4/c1-3-25-23(29)20-15-27(14-18-7-5-4-6-8-18)16-21(22(20)28)24(30)26-13-17-9-11-19(31-2)12-10-17/h9-12,15-16,18H,3-8,13-14H2,1-2H3,(H,25,29)(H,26,30). The molecule has 7 heteroatoms. The Morgan fingerprint density at radius 1 is 1.00 bits per heavy atom. The summed E-state index contributed by atoms with van der Waals surface area (Å²) in [7, 11) is 1.59. The second-order valence-corrected chi connectivity index (χ2v) is 8.01. The lowest BCUT2D eigenvalue weighted by atomic mass is 9.89. The summed E-state index contributed by atoms with van der Waals surface area (Å²) in [6.07, 6.45) is 9.07. The van der Waals surface area contributed by atoms with Gasteiger partial charge in [-0.2, -0.15) is 0 Å². The Kier molecular flexibility index (Phi) is 7.87. The highest BCUT2D eigenvalue weighted by atomic mass is 16.5. The first-order chi connectivity index (χ1) is 15.0. The molecule has 2 aromatic rings. The molecular formula is C24H31N3O4. The third kappa shape index (κ3) is 5.96. The largest absolute Gasteiger partial charge is 0.497 e. The first-order valence-corrected chi connectivity index (χ1v) is 10.9. The minimum absolute atomic E-state index is 0.00641. The molecule has 166 valence electrons. The predicted octanol–water partition coefficient (Wildman–Crippen LogP) is 3.12. The molecule has 2 amide bonds. The number of carbonyl (C=O) groups excluding carboxylic acids is 2. The molecule has 3 rings (SSSR count). The number of nitrogens with zero attached hydrogens (tertiary/aromatic N) is 1. The van der Waals surface area contributed by atoms with Gasteiger partial charge in [-0.05, 0) is 43.4 Å². The number of nitrogens with one attached hydrogen (secondary N) is 2. The number of rotatable bonds is 8. The van der Waals surface area contributed by atoms with Crippen LogP contribution >= 0.6 is 0 Å². The van der Waals surface area contributed by atoms with Crippen molar-refractivity contribution in [3.63, 3.8) is 0 Å². The maximum absolute atomic E-state index is 12.9. The van der Waals surface area contributed by atoms with Gasteiger partial charge in [-0.3, -0.25) is 14.4 Å². The zero-order valence-corrected chi connectivity index (χ0v) is 18.3. The number of benzene rings is 1. The Balaban J connectivity index is 1.82. The Morgan fingerprint density at radius 3 is 2.19 bits per heavy atom. The first-order valence-electron chi connectivity index (χ1n) is 10.9. The fourth-order valence-corrected chi connectivity index (χ4v) is 4.00. The minimum atomic E-state index is -0.543. The summed E-state index contributed by atoms with van der Waals surface area (Å²) in [4.78, 5) is 38.2. The summed E-state index contributed by atoms with van der Waals surface area (Å²) >= 11 is 0. The normalized spacial score (nSPS) is 14.1. The van der Waals surface area contributed by atoms with Gasteiger partial charge in [0.1, 0.15) is 16.9 Å². The van der Waals surface area contributed by atoms with Crippen molar-refractivity contribution in [3.05, 3.63) is 63.6 Å². The van der Waals surface area contributed by atoms with E-state index in [1.54, 1.807) is 26.4 Å². The fourth-order valence-electron chi connectivity index (χ4n) is 4.00. The van der Waals surface area contributed by atoms with E-state index in [-0.39, 0.29) is 17.7 Å². The molecule has 0 unspecified atom stereocenters. The van der Waals surface area contributed by atoms with Crippen LogP contribution in [0.5, 0.6) is 5.75 Å². The quantitative estimate of drug-likeness (QED) is 0.680. The molecule has 31 heavy (non-hydrogen) atoms. The zero-order valence-electron chi connectivity index (χ0n) is 18.3. The minimum Gasteiger partial charge on any atom is -0.497 e. The maximum Gasteiger partial charge on any atom is 0.257 e. The summed E-state index contributed by atoms with van der Waals surface area (Å²) in [5.41, 5.74) is 0.345. The van der Waals surface area contributed by atoms with Gasteiger partial charge < -0.3 is 19.9 Å². The molecule has 0 radical (unpaired) electrons. The molecule has 1 fully saturated rings. The van der Waals surface area contributed by atoms with Crippen molar-refractivity contribution in [2.75, 3.05) is 13.7 Å². The number of hydrogen-bond donors (Lipinski definition) is 2. The molecule has 0 bridgehead atoms. The van der Waals surface area contributed by atoms with Gasteiger partial charge in [-0.25, -0.2) is 0 Å². The molecule has 7 nitrogen and oxygen atoms in total. The van der Waals surface area contributed by atoms with Crippen LogP contribution in [0.4, 0.5) is 0 Å². The molecule has 1 aliphatic carbocycles. The Labute approximate surface area is 182 Å². The van der Waals surface area contributed by atoms with Gasteiger partial charge >= 0.3 is 0 Å². The molecule has 0 saturated heterocycles. The van der Waals surface area contributed by atoms with Crippen LogP contribution in [-0.4, -0.2) is 30.0 Å². The van der Waals surface area contributed by atoms with E-state index in [0.717, 1.165) is 24.2 Å². The predicted molar refractivity (Wildman–Crippen MR) is 119 cm³/mol. The van der Waals surface area contributed by atoms with Crippen molar-refractivity contribution in [3.8, 4) is 5.75 Å². The van der Waals surface area contributed by atoms with E-state index < -0.39 is 17.2 Å². The molecule has 1 heterocycles. The Hall–Kier alpha value is -3.09. The van der Waals surface area contributed by atoms with Crippen molar-refractivity contribution in [2.24, 2.45) is 5.92 Å². The van der Waals surface area contributed by atoms with Crippen molar-refractivity contribution in [1.82, 2.24) is 15.2 Å². The number of pyridine rings is 1. The average Bonchev–Trinajstić information content (AvgIpc) is 2.79. The van der Waals surface area contributed by atoms with Crippen LogP contribution in [-0.2, 0) is 13.1 Å². The molecule has 0 atom stereocenters. The highest BCUT2D eigenvalue weighted by Gasteiger charge is 2.21. The average molecular weight is 426 g/mol. The van der Waals surface area contributed by atoms with Crippen LogP contribution < -0.4 is 20.8 Å². The Bertz CT molecular complexity index is 960. The van der Waals surface area contributed by atoms with Crippen molar-refractivity contribution < 1.29 is 14.3 Å². The van der Waals surface area contributed by atoms with E-state index in [2.05, 4.69) is 10.6 Å². The molecule has 1 aromatic carbocycles. The molecule has 2 N–H and O–H groups in total. The topological polar surface area (TPSA) is 89.4 Å². The first kappa shape index (κ1) is 22.6. The van der Waals surface area contributed by atoms with Gasteiger partial charge in [0.15, 0.2) is 0 Å². The van der Waals surface area contributed by atoms with E-state index in [0.29, 0.717) is 19.0 Å². The molecular weight excluding hydrogens is 394 g/mol. The lowest BCUT2D eigenvalue weighted by molar-refractivity contribution is 0.0948. The van der Waals surface area contributed by atoms with Gasteiger partial charge in [-0.15, -0.1) is 0 Å². The maximum atomic E-state index is 12.9. The number of aromatic nitrogens is 1. The van der Waals surface area contributed by atoms with E-state index in [1.165, 1.54) is 19.3 Å². The van der Waals surface area contributed by atoms with Gasteiger partial charge in [0, 0.05) is 32.0 Å². The van der Waals surface area contributed by atoms with Crippen LogP contribution in [0.15, 0.2) is 41.5 Å². The van der Waals surface area contributed by atoms with Crippen LogP contribution in [0.3, 0.4) is 0 Å². The van der Waals surface area contributed by atoms with Crippen LogP contribution in [0.2, 0.25) is 0 Å². The Morgan fingerprint density at radius 2 is 1.61 bits per heavy atom. The fraction of sp³-hybridized carbons (Fsp3) is 0.458. The lowest BCUT2D eigenvalue weighted by Gasteiger charge is -2.23. The van der Waals surface area contributed by atoms with E-state index >= 15 is 0 Å². The lowest BCUT2D eigenvalue weighted by Crippen LogP contribution is -2.35. The van der Waals surface area contributed by atoms with E-state index in [9.17, 15) is 14.4 Å². The van der Waals surface area contributed by atoms with Gasteiger partial charge in [0.2, 0.25) is 5.43 Å². The van der Waals surface area contributed by atoms with Crippen molar-refractivity contribution in [1.29, 1.82) is 0 Å². The molecule has 0 aliphatic heterocycles. The summed E-state index contributed by atoms with van der Waals surface area (Å²) in [5.74, 6) is 0.294. The van der Waals surface area contributed by atoms with Crippen molar-refractivity contribution in [2.45, 2.75) is 52.1 Å². The SMILES string of the molecule is CCNC(=O)c1cn(CC2CCCCC2)cc(C(=O)NCc2ccc(OC)cc2)c1=O. The highest BCUT2D eigenvalue weighted by Crippen LogP contribution is 2.25. The molecule has 1 aliphatic rings. The summed E-state index contributed by atoms with van der Waals surface area (Å²) in [6, 6.07) is 7.33. The van der Waals surface area contributed by atoms with Gasteiger partial charge in [-0.1, -0.05) is 31.4 Å². The third-order valence-corrected chi connectivity index (χ3v) is 5.71. The monoisotopic (exact) mass is 425 g/mol. The summed E-state index contributed by atoms with van der Waals surface area (Å²) < 4.78 is 6.98. The zero-order chi connectivity index (χ0) is 22.2. The summed E-state index contributed by atoms with van der Waals surface area (Å²) in [6.45, 7) is 3.18. The third-order valence-electron chi connectivity index (χ3n) is 5.71. The smallest absolute Gasteiger partial charge is 0.257 e. The van der Waals surface area contributed by atoms with Crippen LogP contribution in [0, 0.1) is 5.92 Å². The second kappa shape index (κ2) is 10.8.